The molecule has 1 atom stereocenters. The van der Waals surface area contributed by atoms with Gasteiger partial charge in [0.15, 0.2) is 18.3 Å². The number of anilines is 1. The number of fused-ring (bicyclic) bond motifs is 2. The molecule has 0 aliphatic carbocycles. The predicted octanol–water partition coefficient (Wildman–Crippen LogP) is 3.33. The summed E-state index contributed by atoms with van der Waals surface area (Å²) in [5.74, 6) is 1.81. The van der Waals surface area contributed by atoms with Crippen molar-refractivity contribution in [3.05, 3.63) is 58.2 Å². The Kier molecular flexibility index (Phi) is 8.33. The highest BCUT2D eigenvalue weighted by atomic mass is 32.1. The van der Waals surface area contributed by atoms with Crippen molar-refractivity contribution >= 4 is 46.5 Å². The first-order valence-electron chi connectivity index (χ1n) is 14.1. The lowest BCUT2D eigenvalue weighted by Gasteiger charge is -2.28. The molecule has 0 bridgehead atoms. The molecule has 2 aromatic heterocycles. The van der Waals surface area contributed by atoms with Gasteiger partial charge in [-0.2, -0.15) is 4.37 Å². The fourth-order valence-electron chi connectivity index (χ4n) is 5.06. The molecule has 0 fully saturated rings. The molecule has 3 aliphatic heterocycles. The number of carboxylic acid groups (broad SMARTS) is 1. The highest BCUT2D eigenvalue weighted by Gasteiger charge is 2.43. The van der Waals surface area contributed by atoms with E-state index in [0.29, 0.717) is 16.2 Å². The topological polar surface area (TPSA) is 151 Å². The smallest absolute Gasteiger partial charge is 0.338 e. The lowest BCUT2D eigenvalue weighted by molar-refractivity contribution is -0.124. The Bertz CT molecular complexity index is 1850. The molecule has 0 saturated heterocycles. The standard InChI is InChI=1S/C18H17FN4O2S.C13H15N3O3/c1-4-5-22-13-7-12(11(19)6-14(13)25-9-16(22)24)20-17-23-10-18(2,3)8-15(23)21-26-17;1-7(2)13(3)12(19)15-10(16-13)9-8(11(17)18)5-4-6-14-9/h1,6-7H,5,8-10H2,2-3H3;4-7H,1-3H3,(H,17,18)(H,15,16,19)/b20-17-;. The van der Waals surface area contributed by atoms with Crippen LogP contribution in [0.15, 0.2) is 40.4 Å². The maximum absolute atomic E-state index is 14.5. The summed E-state index contributed by atoms with van der Waals surface area (Å²) in [7, 11) is 0. The number of carbonyl (C=O) groups is 3. The maximum Gasteiger partial charge on any atom is 0.338 e. The Balaban J connectivity index is 0.000000187. The molecule has 0 saturated carbocycles. The molecule has 14 heteroatoms. The summed E-state index contributed by atoms with van der Waals surface area (Å²) in [5, 5.41) is 11.7. The van der Waals surface area contributed by atoms with E-state index >= 15 is 0 Å². The SMILES string of the molecule is C#CCN1C(=O)COc2cc(F)c(/N=c3\snc4n3CC(C)(C)C4)cc21.CC(C)C1(C)N=C(c2ncccc2C(=O)O)NC1=O. The molecule has 1 unspecified atom stereocenters. The van der Waals surface area contributed by atoms with Gasteiger partial charge in [0.05, 0.1) is 17.8 Å². The fourth-order valence-corrected chi connectivity index (χ4v) is 5.82. The molecular formula is C31H32FN7O5S. The first-order chi connectivity index (χ1) is 21.2. The maximum atomic E-state index is 14.5. The minimum absolute atomic E-state index is 0.00184. The number of amides is 2. The number of amidine groups is 1. The Morgan fingerprint density at radius 3 is 2.73 bits per heavy atom. The zero-order valence-corrected chi connectivity index (χ0v) is 26.2. The molecule has 3 aliphatic rings. The quantitative estimate of drug-likeness (QED) is 0.409. The summed E-state index contributed by atoms with van der Waals surface area (Å²) < 4.78 is 26.3. The van der Waals surface area contributed by atoms with E-state index in [1.54, 1.807) is 6.92 Å². The molecule has 0 spiro atoms. The van der Waals surface area contributed by atoms with Crippen molar-refractivity contribution in [1.82, 2.24) is 19.2 Å². The number of hydrogen-bond donors (Lipinski definition) is 2. The van der Waals surface area contributed by atoms with Crippen LogP contribution in [0.2, 0.25) is 0 Å². The van der Waals surface area contributed by atoms with E-state index in [9.17, 15) is 18.8 Å². The zero-order valence-electron chi connectivity index (χ0n) is 25.4. The Morgan fingerprint density at radius 2 is 2.07 bits per heavy atom. The average Bonchev–Trinajstić information content (AvgIpc) is 3.61. The molecule has 6 rings (SSSR count). The summed E-state index contributed by atoms with van der Waals surface area (Å²) in [5.41, 5.74) is 0.00224. The van der Waals surface area contributed by atoms with Crippen LogP contribution in [0.1, 0.15) is 56.5 Å². The van der Waals surface area contributed by atoms with E-state index in [4.69, 9.17) is 16.3 Å². The number of carboxylic acids is 1. The Morgan fingerprint density at radius 1 is 1.31 bits per heavy atom. The molecule has 234 valence electrons. The van der Waals surface area contributed by atoms with Crippen LogP contribution in [0.3, 0.4) is 0 Å². The lowest BCUT2D eigenvalue weighted by atomic mass is 9.89. The summed E-state index contributed by atoms with van der Waals surface area (Å²) >= 11 is 1.24. The number of ether oxygens (including phenoxy) is 1. The Labute approximate surface area is 262 Å². The van der Waals surface area contributed by atoms with Gasteiger partial charge in [-0.05, 0) is 36.5 Å². The van der Waals surface area contributed by atoms with E-state index in [1.165, 1.54) is 46.9 Å². The largest absolute Gasteiger partial charge is 0.481 e. The molecule has 2 N–H and O–H groups in total. The highest BCUT2D eigenvalue weighted by molar-refractivity contribution is 7.02. The third-order valence-electron chi connectivity index (χ3n) is 7.86. The highest BCUT2D eigenvalue weighted by Crippen LogP contribution is 2.37. The summed E-state index contributed by atoms with van der Waals surface area (Å²) in [6.07, 6.45) is 7.69. The van der Waals surface area contributed by atoms with Crippen molar-refractivity contribution in [1.29, 1.82) is 0 Å². The minimum atomic E-state index is -1.10. The van der Waals surface area contributed by atoms with Crippen LogP contribution in [0.25, 0.3) is 0 Å². The number of nitrogens with one attached hydrogen (secondary N) is 1. The van der Waals surface area contributed by atoms with E-state index in [1.807, 2.05) is 18.4 Å². The number of nitrogens with zero attached hydrogens (tertiary/aromatic N) is 6. The van der Waals surface area contributed by atoms with Gasteiger partial charge < -0.3 is 19.7 Å². The van der Waals surface area contributed by atoms with Gasteiger partial charge in [-0.25, -0.2) is 19.2 Å². The number of pyridine rings is 1. The monoisotopic (exact) mass is 633 g/mol. The third-order valence-corrected chi connectivity index (χ3v) is 8.63. The molecule has 2 amide bonds. The third kappa shape index (κ3) is 6.08. The molecule has 0 radical (unpaired) electrons. The zero-order chi connectivity index (χ0) is 32.7. The summed E-state index contributed by atoms with van der Waals surface area (Å²) in [6, 6.07) is 5.72. The van der Waals surface area contributed by atoms with Gasteiger partial charge in [-0.3, -0.25) is 19.5 Å². The first kappa shape index (κ1) is 31.5. The number of hydrogen-bond acceptors (Lipinski definition) is 9. The van der Waals surface area contributed by atoms with Crippen LogP contribution in [0, 0.1) is 29.5 Å². The number of aromatic carboxylic acids is 1. The number of carbonyl (C=O) groups excluding carboxylic acids is 2. The van der Waals surface area contributed by atoms with Gasteiger partial charge in [0.25, 0.3) is 11.8 Å². The molecule has 45 heavy (non-hydrogen) atoms. The van der Waals surface area contributed by atoms with Crippen molar-refractivity contribution in [2.45, 2.75) is 53.1 Å². The van der Waals surface area contributed by atoms with Crippen molar-refractivity contribution in [2.24, 2.45) is 21.3 Å². The van der Waals surface area contributed by atoms with Crippen molar-refractivity contribution in [2.75, 3.05) is 18.1 Å². The van der Waals surface area contributed by atoms with Gasteiger partial charge in [-0.1, -0.05) is 33.6 Å². The minimum Gasteiger partial charge on any atom is -0.481 e. The fraction of sp³-hybridized carbons (Fsp3) is 0.387. The lowest BCUT2D eigenvalue weighted by Crippen LogP contribution is -2.41. The molecule has 12 nitrogen and oxygen atoms in total. The molecular weight excluding hydrogens is 601 g/mol. The van der Waals surface area contributed by atoms with Gasteiger partial charge in [-0.15, -0.1) is 6.42 Å². The molecule has 5 heterocycles. The number of aliphatic imine (C=N–C) groups is 1. The second-order valence-corrected chi connectivity index (χ2v) is 12.8. The Hall–Kier alpha value is -4.90. The van der Waals surface area contributed by atoms with Gasteiger partial charge in [0.1, 0.15) is 28.5 Å². The summed E-state index contributed by atoms with van der Waals surface area (Å²) in [4.78, 5) is 50.1. The van der Waals surface area contributed by atoms with E-state index in [-0.39, 0.29) is 59.1 Å². The van der Waals surface area contributed by atoms with Crippen LogP contribution in [0.4, 0.5) is 15.8 Å². The summed E-state index contributed by atoms with van der Waals surface area (Å²) in [6.45, 7) is 10.6. The van der Waals surface area contributed by atoms with Crippen molar-refractivity contribution in [3.63, 3.8) is 0 Å². The van der Waals surface area contributed by atoms with Crippen LogP contribution in [0.5, 0.6) is 5.75 Å². The number of terminal acetylenes is 1. The molecule has 3 aromatic rings. The molecule has 1 aromatic carbocycles. The number of aromatic nitrogens is 3. The van der Waals surface area contributed by atoms with E-state index < -0.39 is 17.3 Å². The van der Waals surface area contributed by atoms with Gasteiger partial charge in [0, 0.05) is 36.8 Å². The number of rotatable bonds is 5. The van der Waals surface area contributed by atoms with E-state index in [2.05, 4.69) is 44.4 Å². The van der Waals surface area contributed by atoms with Gasteiger partial charge in [0.2, 0.25) is 4.80 Å². The number of halogens is 1. The van der Waals surface area contributed by atoms with Crippen LogP contribution < -0.4 is 19.8 Å². The van der Waals surface area contributed by atoms with Gasteiger partial charge >= 0.3 is 5.97 Å². The van der Waals surface area contributed by atoms with Crippen molar-refractivity contribution in [3.8, 4) is 18.1 Å². The normalized spacial score (nSPS) is 20.0. The second kappa shape index (κ2) is 11.9. The van der Waals surface area contributed by atoms with Crippen LogP contribution >= 0.6 is 11.5 Å². The first-order valence-corrected chi connectivity index (χ1v) is 14.9. The van der Waals surface area contributed by atoms with Crippen LogP contribution in [-0.2, 0) is 22.6 Å². The number of benzene rings is 1. The van der Waals surface area contributed by atoms with Crippen LogP contribution in [-0.4, -0.2) is 61.3 Å². The van der Waals surface area contributed by atoms with E-state index in [0.717, 1.165) is 18.8 Å². The predicted molar refractivity (Wildman–Crippen MR) is 165 cm³/mol. The average molecular weight is 634 g/mol. The second-order valence-electron chi connectivity index (χ2n) is 12.1. The van der Waals surface area contributed by atoms with Crippen molar-refractivity contribution < 1.29 is 28.6 Å².